The van der Waals surface area contributed by atoms with Crippen molar-refractivity contribution in [1.82, 2.24) is 4.40 Å². The molecule has 0 unspecified atom stereocenters. The van der Waals surface area contributed by atoms with E-state index in [2.05, 4.69) is 97.5 Å². The molecule has 1 nitrogen and oxygen atoms in total. The predicted molar refractivity (Wildman–Crippen MR) is 102 cm³/mol. The molecule has 0 atom stereocenters. The number of fused-ring (bicyclic) bond motifs is 6. The molecule has 0 aliphatic rings. The van der Waals surface area contributed by atoms with Crippen molar-refractivity contribution < 1.29 is 0 Å². The highest BCUT2D eigenvalue weighted by atomic mass is 127. The molecule has 21 heavy (non-hydrogen) atoms. The Morgan fingerprint density at radius 1 is 0.762 bits per heavy atom. The van der Waals surface area contributed by atoms with Gasteiger partial charge in [0.05, 0.1) is 16.6 Å². The van der Waals surface area contributed by atoms with Gasteiger partial charge in [-0.3, -0.25) is 0 Å². The number of nitrogens with zero attached hydrogens (tertiary/aromatic N) is 1. The van der Waals surface area contributed by atoms with Crippen LogP contribution in [-0.4, -0.2) is 4.40 Å². The molecule has 0 spiro atoms. The predicted octanol–water partition coefficient (Wildman–Crippen LogP) is 6.20. The Labute approximate surface area is 143 Å². The van der Waals surface area contributed by atoms with Crippen LogP contribution in [0.2, 0.25) is 0 Å². The Bertz CT molecular complexity index is 1160. The maximum atomic E-state index is 3.68. The molecule has 0 fully saturated rings. The second-order valence-electron chi connectivity index (χ2n) is 5.36. The van der Waals surface area contributed by atoms with Crippen LogP contribution in [-0.2, 0) is 0 Å². The number of halogens is 2. The topological polar surface area (TPSA) is 4.41 Å². The number of rotatable bonds is 0. The molecule has 3 aromatic carbocycles. The van der Waals surface area contributed by atoms with E-state index < -0.39 is 0 Å². The van der Waals surface area contributed by atoms with E-state index in [9.17, 15) is 0 Å². The van der Waals surface area contributed by atoms with E-state index in [1.807, 2.05) is 0 Å². The summed E-state index contributed by atoms with van der Waals surface area (Å²) in [4.78, 5) is 0. The summed E-state index contributed by atoms with van der Waals surface area (Å²) in [7, 11) is 0. The molecule has 2 heterocycles. The Balaban J connectivity index is 2.26. The maximum absolute atomic E-state index is 3.68. The van der Waals surface area contributed by atoms with Crippen LogP contribution in [0.25, 0.3) is 38.1 Å². The van der Waals surface area contributed by atoms with Gasteiger partial charge in [-0.25, -0.2) is 0 Å². The third kappa shape index (κ3) is 1.51. The van der Waals surface area contributed by atoms with Crippen LogP contribution in [0.4, 0.5) is 0 Å². The minimum atomic E-state index is 1.14. The molecule has 0 N–H and O–H groups in total. The smallest absolute Gasteiger partial charge is 0.0621 e. The molecule has 100 valence electrons. The van der Waals surface area contributed by atoms with Gasteiger partial charge >= 0.3 is 0 Å². The first-order valence-electron chi connectivity index (χ1n) is 6.77. The molecular weight excluding hydrogens is 437 g/mol. The van der Waals surface area contributed by atoms with E-state index in [0.29, 0.717) is 0 Å². The molecule has 0 aliphatic carbocycles. The average Bonchev–Trinajstić information content (AvgIpc) is 2.97. The Morgan fingerprint density at radius 2 is 1.48 bits per heavy atom. The largest absolute Gasteiger partial charge is 0.308 e. The lowest BCUT2D eigenvalue weighted by atomic mass is 10.1. The summed E-state index contributed by atoms with van der Waals surface area (Å²) in [5.74, 6) is 0. The third-order valence-corrected chi connectivity index (χ3v) is 5.35. The fourth-order valence-corrected chi connectivity index (χ4v) is 4.39. The quantitative estimate of drug-likeness (QED) is 0.250. The summed E-state index contributed by atoms with van der Waals surface area (Å²) >= 11 is 6.06. The van der Waals surface area contributed by atoms with Crippen molar-refractivity contribution in [2.24, 2.45) is 0 Å². The van der Waals surface area contributed by atoms with Gasteiger partial charge in [0.2, 0.25) is 0 Å². The molecule has 0 aliphatic heterocycles. The zero-order valence-electron chi connectivity index (χ0n) is 10.9. The summed E-state index contributed by atoms with van der Waals surface area (Å²) in [6.45, 7) is 0. The number of hydrogen-bond acceptors (Lipinski definition) is 0. The summed E-state index contributed by atoms with van der Waals surface area (Å²) in [5.41, 5.74) is 3.90. The molecule has 5 rings (SSSR count). The van der Waals surface area contributed by atoms with Crippen LogP contribution in [0.5, 0.6) is 0 Å². The molecule has 0 saturated heterocycles. The van der Waals surface area contributed by atoms with Gasteiger partial charge in [-0.05, 0) is 59.0 Å². The fraction of sp³-hybridized carbons (Fsp3) is 0. The van der Waals surface area contributed by atoms with E-state index >= 15 is 0 Å². The maximum Gasteiger partial charge on any atom is 0.0621 e. The van der Waals surface area contributed by atoms with Crippen molar-refractivity contribution in [3.05, 3.63) is 62.6 Å². The monoisotopic (exact) mass is 445 g/mol. The zero-order valence-corrected chi connectivity index (χ0v) is 14.6. The highest BCUT2D eigenvalue weighted by Crippen LogP contribution is 2.40. The van der Waals surface area contributed by atoms with Crippen LogP contribution >= 0.6 is 38.5 Å². The van der Waals surface area contributed by atoms with Gasteiger partial charge in [0.1, 0.15) is 0 Å². The van der Waals surface area contributed by atoms with Crippen LogP contribution < -0.4 is 0 Å². The lowest BCUT2D eigenvalue weighted by molar-refractivity contribution is 1.37. The second-order valence-corrected chi connectivity index (χ2v) is 7.52. The zero-order chi connectivity index (χ0) is 14.1. The van der Waals surface area contributed by atoms with E-state index in [1.54, 1.807) is 0 Å². The molecule has 0 bridgehead atoms. The van der Waals surface area contributed by atoms with Crippen LogP contribution in [0.3, 0.4) is 0 Å². The number of aromatic nitrogens is 1. The Kier molecular flexibility index (Phi) is 2.39. The summed E-state index contributed by atoms with van der Waals surface area (Å²) in [6, 6.07) is 19.8. The van der Waals surface area contributed by atoms with Crippen molar-refractivity contribution in [1.29, 1.82) is 0 Å². The van der Waals surface area contributed by atoms with Gasteiger partial charge in [0.25, 0.3) is 0 Å². The molecule has 3 heteroatoms. The van der Waals surface area contributed by atoms with Crippen LogP contribution in [0, 0.1) is 3.57 Å². The molecular formula is C18H9BrIN. The number of benzene rings is 3. The second kappa shape index (κ2) is 4.11. The first-order chi connectivity index (χ1) is 10.2. The van der Waals surface area contributed by atoms with Gasteiger partial charge < -0.3 is 4.40 Å². The lowest BCUT2D eigenvalue weighted by Crippen LogP contribution is -1.80. The van der Waals surface area contributed by atoms with Crippen molar-refractivity contribution >= 4 is 76.6 Å². The van der Waals surface area contributed by atoms with Crippen molar-refractivity contribution in [3.8, 4) is 0 Å². The van der Waals surface area contributed by atoms with Crippen LogP contribution in [0.1, 0.15) is 0 Å². The number of para-hydroxylation sites is 1. The fourth-order valence-electron chi connectivity index (χ4n) is 3.44. The third-order valence-electron chi connectivity index (χ3n) is 4.22. The normalized spacial score (nSPS) is 12.3. The van der Waals surface area contributed by atoms with E-state index in [1.165, 1.54) is 41.7 Å². The van der Waals surface area contributed by atoms with Gasteiger partial charge in [-0.1, -0.05) is 34.1 Å². The van der Waals surface area contributed by atoms with E-state index in [0.717, 1.165) is 4.47 Å². The first kappa shape index (κ1) is 12.2. The number of hydrogen-bond donors (Lipinski definition) is 0. The van der Waals surface area contributed by atoms with Gasteiger partial charge in [0, 0.05) is 29.6 Å². The van der Waals surface area contributed by atoms with Crippen molar-refractivity contribution in [2.45, 2.75) is 0 Å². The minimum Gasteiger partial charge on any atom is -0.308 e. The van der Waals surface area contributed by atoms with E-state index in [4.69, 9.17) is 0 Å². The van der Waals surface area contributed by atoms with Crippen LogP contribution in [0.15, 0.2) is 59.1 Å². The van der Waals surface area contributed by atoms with Gasteiger partial charge in [-0.15, -0.1) is 0 Å². The standard InChI is InChI=1S/C18H9BrIN/c19-10-7-14-12-3-1-2-4-16(12)21-17-6-5-11(20)9-13(17)15(8-10)18(14)21/h1-9H. The average molecular weight is 446 g/mol. The molecule has 0 saturated carbocycles. The molecule has 5 aromatic rings. The van der Waals surface area contributed by atoms with Crippen molar-refractivity contribution in [3.63, 3.8) is 0 Å². The summed E-state index contributed by atoms with van der Waals surface area (Å²) < 4.78 is 4.81. The molecule has 2 aromatic heterocycles. The Morgan fingerprint density at radius 3 is 2.33 bits per heavy atom. The van der Waals surface area contributed by atoms with E-state index in [-0.39, 0.29) is 0 Å². The highest BCUT2D eigenvalue weighted by molar-refractivity contribution is 14.1. The van der Waals surface area contributed by atoms with Gasteiger partial charge in [-0.2, -0.15) is 0 Å². The SMILES string of the molecule is Brc1cc2c3ccccc3n3c4ccc(I)cc4c(c1)c23. The Hall–Kier alpha value is -1.33. The summed E-state index contributed by atoms with van der Waals surface area (Å²) in [5, 5.41) is 5.29. The summed E-state index contributed by atoms with van der Waals surface area (Å²) in [6.07, 6.45) is 0. The first-order valence-corrected chi connectivity index (χ1v) is 8.64. The van der Waals surface area contributed by atoms with Crippen molar-refractivity contribution in [2.75, 3.05) is 0 Å². The highest BCUT2D eigenvalue weighted by Gasteiger charge is 2.17. The minimum absolute atomic E-state index is 1.14. The molecule has 0 radical (unpaired) electrons. The molecule has 0 amide bonds. The van der Waals surface area contributed by atoms with Gasteiger partial charge in [0.15, 0.2) is 0 Å². The lowest BCUT2D eigenvalue weighted by Gasteiger charge is -1.98.